The normalized spacial score (nSPS) is 19.7. The molecule has 7 nitrogen and oxygen atoms in total. The number of nitrogens with zero attached hydrogens (tertiary/aromatic N) is 3. The fourth-order valence-electron chi connectivity index (χ4n) is 3.01. The van der Waals surface area contributed by atoms with Crippen LogP contribution in [0.2, 0.25) is 0 Å². The summed E-state index contributed by atoms with van der Waals surface area (Å²) >= 11 is 0. The molecule has 0 unspecified atom stereocenters. The van der Waals surface area contributed by atoms with E-state index in [-0.39, 0.29) is 17.5 Å². The van der Waals surface area contributed by atoms with Crippen LogP contribution in [0.1, 0.15) is 32.7 Å². The van der Waals surface area contributed by atoms with Gasteiger partial charge in [0, 0.05) is 18.0 Å². The van der Waals surface area contributed by atoms with Crippen LogP contribution in [0.25, 0.3) is 10.9 Å². The molecular formula is C15H19N3O4S. The molecule has 0 bridgehead atoms. The molecule has 0 aliphatic carbocycles. The highest BCUT2D eigenvalue weighted by molar-refractivity contribution is 7.89. The minimum atomic E-state index is -3.82. The molecule has 1 saturated heterocycles. The van der Waals surface area contributed by atoms with Gasteiger partial charge < -0.3 is 5.11 Å². The van der Waals surface area contributed by atoms with E-state index in [1.807, 2.05) is 18.5 Å². The fourth-order valence-corrected chi connectivity index (χ4v) is 4.70. The molecule has 1 aliphatic rings. The van der Waals surface area contributed by atoms with Crippen molar-refractivity contribution in [1.82, 2.24) is 14.1 Å². The third-order valence-electron chi connectivity index (χ3n) is 4.15. The van der Waals surface area contributed by atoms with Gasteiger partial charge in [0.15, 0.2) is 0 Å². The lowest BCUT2D eigenvalue weighted by Crippen LogP contribution is -2.40. The number of sulfonamides is 1. The summed E-state index contributed by atoms with van der Waals surface area (Å²) in [6.45, 7) is 4.24. The van der Waals surface area contributed by atoms with Gasteiger partial charge in [0.05, 0.1) is 16.6 Å². The number of fused-ring (bicyclic) bond motifs is 1. The predicted molar refractivity (Wildman–Crippen MR) is 84.7 cm³/mol. The molecule has 1 aliphatic heterocycles. The Hall–Kier alpha value is -1.93. The maximum absolute atomic E-state index is 12.8. The summed E-state index contributed by atoms with van der Waals surface area (Å²) in [7, 11) is -3.82. The summed E-state index contributed by atoms with van der Waals surface area (Å²) in [6.07, 6.45) is 2.54. The number of benzene rings is 1. The second-order valence-electron chi connectivity index (χ2n) is 6.02. The third-order valence-corrected chi connectivity index (χ3v) is 6.06. The number of rotatable bonds is 4. The van der Waals surface area contributed by atoms with Crippen molar-refractivity contribution in [1.29, 1.82) is 0 Å². The number of hydrogen-bond acceptors (Lipinski definition) is 4. The van der Waals surface area contributed by atoms with Crippen molar-refractivity contribution < 1.29 is 18.3 Å². The standard InChI is InChI=1S/C15H19N3O4S/c1-10(2)18-13-6-5-12(8-11(13)9-16-18)23(21,22)17-7-3-4-14(17)15(19)20/h5-6,8-10,14H,3-4,7H2,1-2H3,(H,19,20)/t14-/m1/s1. The van der Waals surface area contributed by atoms with E-state index < -0.39 is 22.0 Å². The zero-order chi connectivity index (χ0) is 16.8. The lowest BCUT2D eigenvalue weighted by atomic mass is 10.2. The van der Waals surface area contributed by atoms with E-state index in [2.05, 4.69) is 5.10 Å². The Balaban J connectivity index is 2.03. The van der Waals surface area contributed by atoms with Gasteiger partial charge in [0.1, 0.15) is 6.04 Å². The Kier molecular flexibility index (Phi) is 3.89. The SMILES string of the molecule is CC(C)n1ncc2cc(S(=O)(=O)N3CCC[C@@H]3C(=O)O)ccc21. The van der Waals surface area contributed by atoms with Crippen LogP contribution in [0.4, 0.5) is 0 Å². The van der Waals surface area contributed by atoms with Crippen LogP contribution in [0.15, 0.2) is 29.3 Å². The monoisotopic (exact) mass is 337 g/mol. The Morgan fingerprint density at radius 1 is 1.39 bits per heavy atom. The van der Waals surface area contributed by atoms with Crippen molar-refractivity contribution in [2.75, 3.05) is 6.54 Å². The number of aliphatic carboxylic acids is 1. The molecule has 1 N–H and O–H groups in total. The van der Waals surface area contributed by atoms with Gasteiger partial charge in [0.2, 0.25) is 10.0 Å². The molecule has 1 aromatic carbocycles. The van der Waals surface area contributed by atoms with Crippen molar-refractivity contribution in [3.63, 3.8) is 0 Å². The molecule has 124 valence electrons. The van der Waals surface area contributed by atoms with E-state index in [1.54, 1.807) is 18.3 Å². The van der Waals surface area contributed by atoms with Crippen molar-refractivity contribution in [2.24, 2.45) is 0 Å². The highest BCUT2D eigenvalue weighted by atomic mass is 32.2. The smallest absolute Gasteiger partial charge is 0.322 e. The van der Waals surface area contributed by atoms with Gasteiger partial charge in [-0.15, -0.1) is 0 Å². The number of carboxylic acid groups (broad SMARTS) is 1. The Morgan fingerprint density at radius 3 is 2.78 bits per heavy atom. The first-order chi connectivity index (χ1) is 10.8. The minimum Gasteiger partial charge on any atom is -0.480 e. The summed E-state index contributed by atoms with van der Waals surface area (Å²) in [4.78, 5) is 11.4. The Labute approximate surface area is 134 Å². The lowest BCUT2D eigenvalue weighted by molar-refractivity contribution is -0.140. The molecule has 23 heavy (non-hydrogen) atoms. The van der Waals surface area contributed by atoms with Crippen molar-refractivity contribution in [3.05, 3.63) is 24.4 Å². The molecule has 0 spiro atoms. The van der Waals surface area contributed by atoms with Crippen LogP contribution < -0.4 is 0 Å². The van der Waals surface area contributed by atoms with Crippen LogP contribution in [0.5, 0.6) is 0 Å². The maximum atomic E-state index is 12.8. The molecule has 1 fully saturated rings. The number of carboxylic acids is 1. The summed E-state index contributed by atoms with van der Waals surface area (Å²) in [5.74, 6) is -1.10. The van der Waals surface area contributed by atoms with Crippen LogP contribution in [-0.2, 0) is 14.8 Å². The molecule has 0 saturated carbocycles. The quantitative estimate of drug-likeness (QED) is 0.919. The summed E-state index contributed by atoms with van der Waals surface area (Å²) in [6, 6.07) is 4.00. The highest BCUT2D eigenvalue weighted by Gasteiger charge is 2.39. The molecule has 3 rings (SSSR count). The van der Waals surface area contributed by atoms with Crippen molar-refractivity contribution in [3.8, 4) is 0 Å². The topological polar surface area (TPSA) is 92.5 Å². The first-order valence-corrected chi connectivity index (χ1v) is 8.98. The first-order valence-electron chi connectivity index (χ1n) is 7.54. The fraction of sp³-hybridized carbons (Fsp3) is 0.467. The number of carbonyl (C=O) groups is 1. The molecule has 2 heterocycles. The van der Waals surface area contributed by atoms with E-state index in [0.29, 0.717) is 12.8 Å². The summed E-state index contributed by atoms with van der Waals surface area (Å²) in [5.41, 5.74) is 0.857. The average Bonchev–Trinajstić information content (AvgIpc) is 3.13. The van der Waals surface area contributed by atoms with Crippen LogP contribution in [0.3, 0.4) is 0 Å². The zero-order valence-corrected chi connectivity index (χ0v) is 13.8. The van der Waals surface area contributed by atoms with E-state index >= 15 is 0 Å². The molecule has 0 radical (unpaired) electrons. The van der Waals surface area contributed by atoms with Gasteiger partial charge in [-0.05, 0) is 44.9 Å². The Bertz CT molecular complexity index is 857. The number of hydrogen-bond donors (Lipinski definition) is 1. The van der Waals surface area contributed by atoms with Crippen LogP contribution >= 0.6 is 0 Å². The first kappa shape index (κ1) is 15.9. The zero-order valence-electron chi connectivity index (χ0n) is 13.0. The lowest BCUT2D eigenvalue weighted by Gasteiger charge is -2.21. The van der Waals surface area contributed by atoms with Gasteiger partial charge in [0.25, 0.3) is 0 Å². The largest absolute Gasteiger partial charge is 0.480 e. The Morgan fingerprint density at radius 2 is 2.13 bits per heavy atom. The van der Waals surface area contributed by atoms with Gasteiger partial charge in [-0.2, -0.15) is 9.40 Å². The summed E-state index contributed by atoms with van der Waals surface area (Å²) in [5, 5.41) is 14.2. The molecular weight excluding hydrogens is 318 g/mol. The van der Waals surface area contributed by atoms with E-state index in [1.165, 1.54) is 6.07 Å². The molecule has 1 atom stereocenters. The van der Waals surface area contributed by atoms with E-state index in [9.17, 15) is 18.3 Å². The third kappa shape index (κ3) is 2.61. The van der Waals surface area contributed by atoms with Crippen LogP contribution in [0, 0.1) is 0 Å². The molecule has 2 aromatic rings. The van der Waals surface area contributed by atoms with Crippen LogP contribution in [-0.4, -0.2) is 46.2 Å². The second-order valence-corrected chi connectivity index (χ2v) is 7.91. The minimum absolute atomic E-state index is 0.112. The molecule has 1 aromatic heterocycles. The van der Waals surface area contributed by atoms with Gasteiger partial charge >= 0.3 is 5.97 Å². The van der Waals surface area contributed by atoms with Crippen molar-refractivity contribution in [2.45, 2.75) is 43.7 Å². The van der Waals surface area contributed by atoms with Gasteiger partial charge in [-0.3, -0.25) is 9.48 Å². The molecule has 0 amide bonds. The summed E-state index contributed by atoms with van der Waals surface area (Å²) < 4.78 is 28.4. The van der Waals surface area contributed by atoms with Gasteiger partial charge in [-0.1, -0.05) is 0 Å². The number of aromatic nitrogens is 2. The van der Waals surface area contributed by atoms with E-state index in [0.717, 1.165) is 15.2 Å². The maximum Gasteiger partial charge on any atom is 0.322 e. The van der Waals surface area contributed by atoms with Crippen molar-refractivity contribution >= 4 is 26.9 Å². The van der Waals surface area contributed by atoms with Gasteiger partial charge in [-0.25, -0.2) is 8.42 Å². The second kappa shape index (κ2) is 5.61. The van der Waals surface area contributed by atoms with E-state index in [4.69, 9.17) is 0 Å². The highest BCUT2D eigenvalue weighted by Crippen LogP contribution is 2.28. The average molecular weight is 337 g/mol. The predicted octanol–water partition coefficient (Wildman–Crippen LogP) is 1.85. The molecule has 8 heteroatoms.